The zero-order chi connectivity index (χ0) is 21.8. The number of piperidine rings is 1. The Hall–Kier alpha value is -2.68. The van der Waals surface area contributed by atoms with Crippen molar-refractivity contribution in [3.8, 4) is 0 Å². The minimum absolute atomic E-state index is 0.236. The molecule has 2 heterocycles. The van der Waals surface area contributed by atoms with Gasteiger partial charge in [-0.2, -0.15) is 9.40 Å². The maximum absolute atomic E-state index is 12.7. The van der Waals surface area contributed by atoms with Crippen LogP contribution in [0.2, 0.25) is 5.02 Å². The first-order valence-corrected chi connectivity index (χ1v) is 11.9. The molecule has 0 radical (unpaired) electrons. The Morgan fingerprint density at radius 1 is 1.03 bits per heavy atom. The minimum Gasteiger partial charge on any atom is -0.322 e. The number of amides is 1. The third-order valence-corrected chi connectivity index (χ3v) is 7.53. The molecular weight excluding hydrogens is 436 g/mol. The number of carbonyl (C=O) groups is 1. The zero-order valence-corrected chi connectivity index (χ0v) is 18.4. The number of benzene rings is 2. The number of aromatic nitrogens is 2. The van der Waals surface area contributed by atoms with Crippen LogP contribution in [0, 0.1) is 0 Å². The molecule has 2 aromatic carbocycles. The van der Waals surface area contributed by atoms with Crippen LogP contribution in [0.15, 0.2) is 65.8 Å². The lowest BCUT2D eigenvalue weighted by atomic mass is 10.2. The molecule has 0 saturated carbocycles. The second kappa shape index (κ2) is 9.21. The van der Waals surface area contributed by atoms with Crippen LogP contribution in [-0.4, -0.2) is 41.5 Å². The third-order valence-electron chi connectivity index (χ3n) is 5.25. The van der Waals surface area contributed by atoms with Crippen LogP contribution in [0.3, 0.4) is 0 Å². The van der Waals surface area contributed by atoms with Gasteiger partial charge in [0.05, 0.1) is 23.2 Å². The monoisotopic (exact) mass is 458 g/mol. The highest BCUT2D eigenvalue weighted by molar-refractivity contribution is 7.89. The van der Waals surface area contributed by atoms with Gasteiger partial charge in [-0.3, -0.25) is 9.48 Å². The second-order valence-corrected chi connectivity index (χ2v) is 9.81. The molecule has 7 nitrogen and oxygen atoms in total. The molecule has 1 N–H and O–H groups in total. The van der Waals surface area contributed by atoms with E-state index >= 15 is 0 Å². The van der Waals surface area contributed by atoms with Crippen LogP contribution in [0.5, 0.6) is 0 Å². The Morgan fingerprint density at radius 2 is 1.74 bits per heavy atom. The first-order valence-electron chi connectivity index (χ1n) is 10.1. The van der Waals surface area contributed by atoms with Crippen molar-refractivity contribution >= 4 is 33.2 Å². The number of carbonyl (C=O) groups excluding carboxylic acids is 1. The van der Waals surface area contributed by atoms with Gasteiger partial charge in [0, 0.05) is 30.0 Å². The topological polar surface area (TPSA) is 84.3 Å². The number of halogens is 1. The molecule has 1 fully saturated rings. The largest absolute Gasteiger partial charge is 0.322 e. The van der Waals surface area contributed by atoms with E-state index in [1.165, 1.54) is 22.6 Å². The lowest BCUT2D eigenvalue weighted by molar-refractivity contribution is 0.102. The SMILES string of the molecule is O=C(Nc1ccc(S(=O)(=O)N2CCCCC2)cc1)c1cnn(Cc2ccccc2Cl)c1. The summed E-state index contributed by atoms with van der Waals surface area (Å²) in [5.41, 5.74) is 1.82. The molecule has 31 heavy (non-hydrogen) atoms. The Balaban J connectivity index is 1.41. The molecule has 0 atom stereocenters. The van der Waals surface area contributed by atoms with Crippen molar-refractivity contribution in [3.05, 3.63) is 77.1 Å². The second-order valence-electron chi connectivity index (χ2n) is 7.46. The standard InChI is InChI=1S/C22H23ClN4O3S/c23-21-7-3-2-6-17(21)15-26-16-18(14-24-26)22(28)25-19-8-10-20(11-9-19)31(29,30)27-12-4-1-5-13-27/h2-3,6-11,14,16H,1,4-5,12-13,15H2,(H,25,28). The van der Waals surface area contributed by atoms with Gasteiger partial charge in [0.25, 0.3) is 5.91 Å². The highest BCUT2D eigenvalue weighted by Crippen LogP contribution is 2.22. The number of hydrogen-bond donors (Lipinski definition) is 1. The summed E-state index contributed by atoms with van der Waals surface area (Å²) >= 11 is 6.18. The molecule has 162 valence electrons. The van der Waals surface area contributed by atoms with E-state index in [4.69, 9.17) is 11.6 Å². The number of anilines is 1. The van der Waals surface area contributed by atoms with E-state index in [1.807, 2.05) is 24.3 Å². The number of nitrogens with one attached hydrogen (secondary N) is 1. The van der Waals surface area contributed by atoms with Crippen molar-refractivity contribution in [2.45, 2.75) is 30.7 Å². The molecule has 4 rings (SSSR count). The maximum Gasteiger partial charge on any atom is 0.258 e. The van der Waals surface area contributed by atoms with Gasteiger partial charge < -0.3 is 5.32 Å². The minimum atomic E-state index is -3.49. The number of hydrogen-bond acceptors (Lipinski definition) is 4. The summed E-state index contributed by atoms with van der Waals surface area (Å²) in [5, 5.41) is 7.65. The van der Waals surface area contributed by atoms with Gasteiger partial charge in [-0.25, -0.2) is 8.42 Å². The summed E-state index contributed by atoms with van der Waals surface area (Å²) in [6.45, 7) is 1.56. The molecule has 1 aliphatic heterocycles. The van der Waals surface area contributed by atoms with E-state index in [-0.39, 0.29) is 10.8 Å². The third kappa shape index (κ3) is 4.98. The van der Waals surface area contributed by atoms with E-state index < -0.39 is 10.0 Å². The van der Waals surface area contributed by atoms with Gasteiger partial charge >= 0.3 is 0 Å². The predicted molar refractivity (Wildman–Crippen MR) is 120 cm³/mol. The van der Waals surface area contributed by atoms with Crippen molar-refractivity contribution in [3.63, 3.8) is 0 Å². The summed E-state index contributed by atoms with van der Waals surface area (Å²) in [6.07, 6.45) is 5.97. The fraction of sp³-hybridized carbons (Fsp3) is 0.273. The molecule has 9 heteroatoms. The van der Waals surface area contributed by atoms with E-state index in [0.29, 0.717) is 35.9 Å². The first-order chi connectivity index (χ1) is 14.9. The van der Waals surface area contributed by atoms with Gasteiger partial charge in [-0.05, 0) is 48.7 Å². The first kappa shape index (κ1) is 21.5. The lowest BCUT2D eigenvalue weighted by Gasteiger charge is -2.25. The van der Waals surface area contributed by atoms with E-state index in [9.17, 15) is 13.2 Å². The fourth-order valence-corrected chi connectivity index (χ4v) is 5.25. The Labute approximate surface area is 186 Å². The normalized spacial score (nSPS) is 15.0. The predicted octanol–water partition coefficient (Wildman–Crippen LogP) is 4.01. The summed E-state index contributed by atoms with van der Waals surface area (Å²) < 4.78 is 28.6. The van der Waals surface area contributed by atoms with Crippen molar-refractivity contribution in [1.82, 2.24) is 14.1 Å². The van der Waals surface area contributed by atoms with Crippen molar-refractivity contribution in [1.29, 1.82) is 0 Å². The smallest absolute Gasteiger partial charge is 0.258 e. The van der Waals surface area contributed by atoms with Crippen LogP contribution in [0.1, 0.15) is 35.2 Å². The summed E-state index contributed by atoms with van der Waals surface area (Å²) in [6, 6.07) is 13.7. The molecular formula is C22H23ClN4O3S. The molecule has 1 aliphatic rings. The Bertz CT molecular complexity index is 1170. The lowest BCUT2D eigenvalue weighted by Crippen LogP contribution is -2.35. The average molecular weight is 459 g/mol. The van der Waals surface area contributed by atoms with Gasteiger partial charge in [0.2, 0.25) is 10.0 Å². The van der Waals surface area contributed by atoms with Crippen molar-refractivity contribution < 1.29 is 13.2 Å². The Morgan fingerprint density at radius 3 is 2.45 bits per heavy atom. The molecule has 0 bridgehead atoms. The van der Waals surface area contributed by atoms with E-state index in [1.54, 1.807) is 23.0 Å². The molecule has 0 unspecified atom stereocenters. The molecule has 0 spiro atoms. The summed E-state index contributed by atoms with van der Waals surface area (Å²) in [7, 11) is -3.49. The maximum atomic E-state index is 12.7. The van der Waals surface area contributed by atoms with Crippen LogP contribution in [0.25, 0.3) is 0 Å². The van der Waals surface area contributed by atoms with Crippen LogP contribution < -0.4 is 5.32 Å². The summed E-state index contributed by atoms with van der Waals surface area (Å²) in [4.78, 5) is 12.8. The molecule has 1 saturated heterocycles. The number of nitrogens with zero attached hydrogens (tertiary/aromatic N) is 3. The summed E-state index contributed by atoms with van der Waals surface area (Å²) in [5.74, 6) is -0.322. The zero-order valence-electron chi connectivity index (χ0n) is 16.9. The molecule has 0 aliphatic carbocycles. The van der Waals surface area contributed by atoms with Crippen LogP contribution in [0.4, 0.5) is 5.69 Å². The van der Waals surface area contributed by atoms with E-state index in [2.05, 4.69) is 10.4 Å². The van der Waals surface area contributed by atoms with E-state index in [0.717, 1.165) is 24.8 Å². The highest BCUT2D eigenvalue weighted by atomic mass is 35.5. The van der Waals surface area contributed by atoms with Gasteiger partial charge in [-0.1, -0.05) is 36.2 Å². The Kier molecular flexibility index (Phi) is 6.41. The van der Waals surface area contributed by atoms with Gasteiger partial charge in [0.15, 0.2) is 0 Å². The highest BCUT2D eigenvalue weighted by Gasteiger charge is 2.25. The molecule has 1 aromatic heterocycles. The van der Waals surface area contributed by atoms with Crippen molar-refractivity contribution in [2.75, 3.05) is 18.4 Å². The molecule has 3 aromatic rings. The average Bonchev–Trinajstić information content (AvgIpc) is 3.25. The van der Waals surface area contributed by atoms with Crippen molar-refractivity contribution in [2.24, 2.45) is 0 Å². The quantitative estimate of drug-likeness (QED) is 0.604. The number of sulfonamides is 1. The van der Waals surface area contributed by atoms with Gasteiger partial charge in [-0.15, -0.1) is 0 Å². The van der Waals surface area contributed by atoms with Gasteiger partial charge in [0.1, 0.15) is 0 Å². The van der Waals surface area contributed by atoms with Crippen LogP contribution in [-0.2, 0) is 16.6 Å². The number of rotatable bonds is 6. The fourth-order valence-electron chi connectivity index (χ4n) is 3.54. The molecule has 1 amide bonds. The van der Waals surface area contributed by atoms with Crippen LogP contribution >= 0.6 is 11.6 Å².